The van der Waals surface area contributed by atoms with Gasteiger partial charge in [-0.15, -0.1) is 0 Å². The van der Waals surface area contributed by atoms with E-state index < -0.39 is 21.3 Å². The molecule has 5 nitrogen and oxygen atoms in total. The Bertz CT molecular complexity index is 216. The van der Waals surface area contributed by atoms with Gasteiger partial charge < -0.3 is 9.66 Å². The molecule has 0 amide bonds. The zero-order valence-corrected chi connectivity index (χ0v) is 6.09. The third-order valence-corrected chi connectivity index (χ3v) is 2.23. The van der Waals surface area contributed by atoms with Crippen LogP contribution in [0.5, 0.6) is 0 Å². The van der Waals surface area contributed by atoms with Crippen molar-refractivity contribution in [3.05, 3.63) is 0 Å². The summed E-state index contributed by atoms with van der Waals surface area (Å²) < 4.78 is 30.2. The second-order valence-corrected chi connectivity index (χ2v) is 3.28. The Hall–Kier alpha value is -0.620. The summed E-state index contributed by atoms with van der Waals surface area (Å²) in [6.07, 6.45) is -0.193. The highest BCUT2D eigenvalue weighted by atomic mass is 32.2. The summed E-state index contributed by atoms with van der Waals surface area (Å²) in [6, 6.07) is 0. The fourth-order valence-corrected chi connectivity index (χ4v) is 1.16. The fraction of sp³-hybridized carbons (Fsp3) is 0.750. The Morgan fingerprint density at radius 3 is 2.10 bits per heavy atom. The highest BCUT2D eigenvalue weighted by Crippen LogP contribution is 2.02. The van der Waals surface area contributed by atoms with Crippen LogP contribution < -0.4 is 0 Å². The normalized spacial score (nSPS) is 14.6. The van der Waals surface area contributed by atoms with Crippen LogP contribution >= 0.6 is 0 Å². The van der Waals surface area contributed by atoms with E-state index in [0.29, 0.717) is 0 Å². The first-order valence-corrected chi connectivity index (χ1v) is 4.04. The van der Waals surface area contributed by atoms with Gasteiger partial charge in [0.1, 0.15) is 15.4 Å². The molecule has 0 bridgehead atoms. The maximum Gasteiger partial charge on any atom is 0.320 e. The van der Waals surface area contributed by atoms with Gasteiger partial charge in [-0.25, -0.2) is 8.42 Å². The first-order valence-electron chi connectivity index (χ1n) is 2.57. The molecule has 0 aliphatic rings. The van der Waals surface area contributed by atoms with Gasteiger partial charge in [-0.3, -0.25) is 4.79 Å². The lowest BCUT2D eigenvalue weighted by Crippen LogP contribution is -2.28. The van der Waals surface area contributed by atoms with E-state index in [0.717, 1.165) is 0 Å². The minimum absolute atomic E-state index is 0.193. The maximum atomic E-state index is 10.1. The number of aliphatic carboxylic acids is 1. The van der Waals surface area contributed by atoms with Gasteiger partial charge in [0.25, 0.3) is 0 Å². The van der Waals surface area contributed by atoms with Crippen LogP contribution in [0.4, 0.5) is 0 Å². The van der Waals surface area contributed by atoms with Crippen LogP contribution in [-0.4, -0.2) is 29.3 Å². The molecular weight excluding hydrogens is 160 g/mol. The quantitative estimate of drug-likeness (QED) is 0.566. The van der Waals surface area contributed by atoms with Crippen molar-refractivity contribution in [2.75, 3.05) is 0 Å². The maximum absolute atomic E-state index is 10.1. The molecule has 0 aliphatic carbocycles. The van der Waals surface area contributed by atoms with Crippen molar-refractivity contribution in [2.24, 2.45) is 0 Å². The molecule has 0 rings (SSSR count). The highest BCUT2D eigenvalue weighted by molar-refractivity contribution is 7.87. The first-order chi connectivity index (χ1) is 4.39. The van der Waals surface area contributed by atoms with Gasteiger partial charge in [0.05, 0.1) is 0 Å². The van der Waals surface area contributed by atoms with Crippen molar-refractivity contribution in [3.63, 3.8) is 0 Å². The van der Waals surface area contributed by atoms with Crippen LogP contribution in [0.2, 0.25) is 0 Å². The molecule has 0 aromatic heterocycles. The number of carboxylic acid groups (broad SMARTS) is 1. The first kappa shape index (κ1) is 9.38. The van der Waals surface area contributed by atoms with E-state index in [4.69, 9.17) is 5.11 Å². The van der Waals surface area contributed by atoms with Crippen molar-refractivity contribution in [1.82, 2.24) is 0 Å². The lowest BCUT2D eigenvalue weighted by Gasteiger charge is -2.13. The van der Waals surface area contributed by atoms with Crippen LogP contribution in [0, 0.1) is 0 Å². The zero-order valence-electron chi connectivity index (χ0n) is 5.27. The molecule has 1 unspecified atom stereocenters. The molecule has 6 heteroatoms. The topological polar surface area (TPSA) is 94.5 Å². The second kappa shape index (κ2) is 2.98. The van der Waals surface area contributed by atoms with E-state index in [1.54, 1.807) is 0 Å². The standard InChI is InChI=1S/C4H8O5S/c1-2-3(4(5)6)10(7,8)9/h3H,2H2,1H3,(H,5,6)(H,7,8,9)/p-1. The Kier molecular flexibility index (Phi) is 2.79. The second-order valence-electron chi connectivity index (χ2n) is 1.73. The summed E-state index contributed by atoms with van der Waals surface area (Å²) in [7, 11) is -4.66. The summed E-state index contributed by atoms with van der Waals surface area (Å²) in [5.41, 5.74) is 0. The number of carbonyl (C=O) groups is 1. The number of rotatable bonds is 3. The summed E-state index contributed by atoms with van der Waals surface area (Å²) in [5.74, 6) is -1.59. The molecule has 0 radical (unpaired) electrons. The van der Waals surface area contributed by atoms with Gasteiger partial charge in [0, 0.05) is 0 Å². The van der Waals surface area contributed by atoms with Crippen molar-refractivity contribution >= 4 is 16.1 Å². The predicted molar refractivity (Wildman–Crippen MR) is 31.4 cm³/mol. The van der Waals surface area contributed by atoms with Gasteiger partial charge in [-0.2, -0.15) is 0 Å². The SMILES string of the molecule is CCC(C(=O)O)S(=O)(=O)[O-]. The molecule has 0 aliphatic heterocycles. The molecule has 0 aromatic rings. The lowest BCUT2D eigenvalue weighted by atomic mass is 10.3. The molecule has 0 heterocycles. The molecule has 0 aromatic carbocycles. The van der Waals surface area contributed by atoms with E-state index in [1.807, 2.05) is 0 Å². The van der Waals surface area contributed by atoms with Crippen LogP contribution in [0.3, 0.4) is 0 Å². The molecule has 0 saturated carbocycles. The molecule has 0 saturated heterocycles. The monoisotopic (exact) mass is 167 g/mol. The minimum atomic E-state index is -4.66. The van der Waals surface area contributed by atoms with Gasteiger partial charge in [-0.05, 0) is 6.42 Å². The van der Waals surface area contributed by atoms with Crippen LogP contribution in [0.25, 0.3) is 0 Å². The molecule has 0 spiro atoms. The summed E-state index contributed by atoms with van der Waals surface area (Å²) >= 11 is 0. The van der Waals surface area contributed by atoms with E-state index in [9.17, 15) is 17.8 Å². The molecule has 60 valence electrons. The van der Waals surface area contributed by atoms with Crippen LogP contribution in [0.15, 0.2) is 0 Å². The van der Waals surface area contributed by atoms with Gasteiger partial charge >= 0.3 is 5.97 Å². The Morgan fingerprint density at radius 2 is 2.10 bits per heavy atom. The summed E-state index contributed by atoms with van der Waals surface area (Å²) in [6.45, 7) is 1.33. The Balaban J connectivity index is 4.55. The Morgan fingerprint density at radius 1 is 1.70 bits per heavy atom. The number of carboxylic acids is 1. The molecule has 0 fully saturated rings. The van der Waals surface area contributed by atoms with Gasteiger partial charge in [0.2, 0.25) is 0 Å². The average Bonchev–Trinajstić information content (AvgIpc) is 1.60. The van der Waals surface area contributed by atoms with Crippen LogP contribution in [-0.2, 0) is 14.9 Å². The van der Waals surface area contributed by atoms with E-state index in [-0.39, 0.29) is 6.42 Å². The van der Waals surface area contributed by atoms with Crippen molar-refractivity contribution < 1.29 is 22.9 Å². The molecule has 1 atom stereocenters. The largest absolute Gasteiger partial charge is 0.747 e. The van der Waals surface area contributed by atoms with Crippen molar-refractivity contribution in [2.45, 2.75) is 18.6 Å². The zero-order chi connectivity index (χ0) is 8.36. The lowest BCUT2D eigenvalue weighted by molar-refractivity contribution is -0.136. The third kappa shape index (κ3) is 2.32. The Labute approximate surface area is 58.4 Å². The predicted octanol–water partition coefficient (Wildman–Crippen LogP) is -0.605. The van der Waals surface area contributed by atoms with E-state index in [1.165, 1.54) is 6.92 Å². The molecule has 1 N–H and O–H groups in total. The molecule has 10 heavy (non-hydrogen) atoms. The van der Waals surface area contributed by atoms with Crippen LogP contribution in [0.1, 0.15) is 13.3 Å². The van der Waals surface area contributed by atoms with Crippen molar-refractivity contribution in [1.29, 1.82) is 0 Å². The van der Waals surface area contributed by atoms with E-state index in [2.05, 4.69) is 0 Å². The summed E-state index contributed by atoms with van der Waals surface area (Å²) in [5, 5.41) is 6.33. The smallest absolute Gasteiger partial charge is 0.320 e. The number of hydrogen-bond acceptors (Lipinski definition) is 4. The van der Waals surface area contributed by atoms with Gasteiger partial charge in [-0.1, -0.05) is 6.92 Å². The minimum Gasteiger partial charge on any atom is -0.747 e. The number of hydrogen-bond donors (Lipinski definition) is 1. The third-order valence-electron chi connectivity index (χ3n) is 0.995. The van der Waals surface area contributed by atoms with E-state index >= 15 is 0 Å². The average molecular weight is 167 g/mol. The molecular formula is C4H7O5S-. The fourth-order valence-electron chi connectivity index (χ4n) is 0.502. The van der Waals surface area contributed by atoms with Gasteiger partial charge in [0.15, 0.2) is 0 Å². The van der Waals surface area contributed by atoms with Crippen molar-refractivity contribution in [3.8, 4) is 0 Å². The highest BCUT2D eigenvalue weighted by Gasteiger charge is 2.21. The summed E-state index contributed by atoms with van der Waals surface area (Å²) in [4.78, 5) is 10.00.